The average molecular weight is 201 g/mol. The third-order valence-electron chi connectivity index (χ3n) is 2.84. The van der Waals surface area contributed by atoms with E-state index in [2.05, 4.69) is 20.8 Å². The van der Waals surface area contributed by atoms with E-state index in [1.165, 1.54) is 25.7 Å². The van der Waals surface area contributed by atoms with Crippen molar-refractivity contribution in [2.24, 2.45) is 11.1 Å². The molecule has 86 valence electrons. The molecule has 2 N–H and O–H groups in total. The molecule has 0 radical (unpaired) electrons. The van der Waals surface area contributed by atoms with Gasteiger partial charge in [0, 0.05) is 13.2 Å². The zero-order valence-electron chi connectivity index (χ0n) is 10.1. The Kier molecular flexibility index (Phi) is 8.20. The molecule has 0 aromatic carbocycles. The molecule has 0 spiro atoms. The minimum atomic E-state index is 0.293. The fourth-order valence-corrected chi connectivity index (χ4v) is 1.60. The third-order valence-corrected chi connectivity index (χ3v) is 2.84. The van der Waals surface area contributed by atoms with Crippen LogP contribution < -0.4 is 5.73 Å². The van der Waals surface area contributed by atoms with Gasteiger partial charge in [-0.3, -0.25) is 0 Å². The van der Waals surface area contributed by atoms with Crippen molar-refractivity contribution < 1.29 is 4.74 Å². The van der Waals surface area contributed by atoms with Crippen LogP contribution in [0.5, 0.6) is 0 Å². The molecule has 2 heteroatoms. The van der Waals surface area contributed by atoms with Crippen LogP contribution >= 0.6 is 0 Å². The molecule has 0 bridgehead atoms. The lowest BCUT2D eigenvalue weighted by molar-refractivity contribution is 0.0956. The molecule has 0 aromatic heterocycles. The number of rotatable bonds is 9. The van der Waals surface area contributed by atoms with Gasteiger partial charge in [0.15, 0.2) is 0 Å². The van der Waals surface area contributed by atoms with Crippen molar-refractivity contribution in [2.45, 2.75) is 52.9 Å². The molecule has 0 rings (SSSR count). The van der Waals surface area contributed by atoms with Crippen LogP contribution in [0.1, 0.15) is 52.9 Å². The van der Waals surface area contributed by atoms with Gasteiger partial charge in [0.1, 0.15) is 0 Å². The van der Waals surface area contributed by atoms with E-state index in [-0.39, 0.29) is 0 Å². The van der Waals surface area contributed by atoms with Crippen LogP contribution in [0.25, 0.3) is 0 Å². The minimum absolute atomic E-state index is 0.293. The zero-order valence-corrected chi connectivity index (χ0v) is 10.1. The summed E-state index contributed by atoms with van der Waals surface area (Å²) in [5, 5.41) is 0. The van der Waals surface area contributed by atoms with E-state index in [4.69, 9.17) is 10.5 Å². The summed E-state index contributed by atoms with van der Waals surface area (Å²) in [4.78, 5) is 0. The van der Waals surface area contributed by atoms with Crippen LogP contribution in [-0.2, 0) is 4.74 Å². The molecule has 0 fully saturated rings. The van der Waals surface area contributed by atoms with Crippen LogP contribution in [0, 0.1) is 5.41 Å². The van der Waals surface area contributed by atoms with Gasteiger partial charge in [-0.2, -0.15) is 0 Å². The van der Waals surface area contributed by atoms with E-state index in [0.717, 1.165) is 26.2 Å². The Labute approximate surface area is 89.2 Å². The van der Waals surface area contributed by atoms with E-state index in [9.17, 15) is 0 Å². The second-order valence-corrected chi connectivity index (χ2v) is 4.48. The molecule has 1 unspecified atom stereocenters. The Morgan fingerprint density at radius 1 is 1.07 bits per heavy atom. The molecule has 0 saturated heterocycles. The van der Waals surface area contributed by atoms with Crippen molar-refractivity contribution >= 4 is 0 Å². The highest BCUT2D eigenvalue weighted by Crippen LogP contribution is 2.25. The Hall–Kier alpha value is -0.0800. The molecular formula is C12H27NO. The summed E-state index contributed by atoms with van der Waals surface area (Å²) in [6.45, 7) is 9.21. The van der Waals surface area contributed by atoms with Gasteiger partial charge in [0.05, 0.1) is 0 Å². The van der Waals surface area contributed by atoms with E-state index in [1.807, 2.05) is 0 Å². The summed E-state index contributed by atoms with van der Waals surface area (Å²) in [6.07, 6.45) is 5.90. The molecule has 1 atom stereocenters. The summed E-state index contributed by atoms with van der Waals surface area (Å²) in [6, 6.07) is 0. The van der Waals surface area contributed by atoms with Gasteiger partial charge in [-0.05, 0) is 31.2 Å². The summed E-state index contributed by atoms with van der Waals surface area (Å²) < 4.78 is 5.56. The summed E-state index contributed by atoms with van der Waals surface area (Å²) in [7, 11) is 0. The van der Waals surface area contributed by atoms with Gasteiger partial charge in [-0.25, -0.2) is 0 Å². The van der Waals surface area contributed by atoms with Crippen LogP contribution in [0.4, 0.5) is 0 Å². The molecule has 0 aliphatic carbocycles. The van der Waals surface area contributed by atoms with Crippen LogP contribution in [0.3, 0.4) is 0 Å². The van der Waals surface area contributed by atoms with Crippen LogP contribution in [0.2, 0.25) is 0 Å². The highest BCUT2D eigenvalue weighted by atomic mass is 16.5. The Morgan fingerprint density at radius 3 is 2.29 bits per heavy atom. The predicted molar refractivity (Wildman–Crippen MR) is 62.4 cm³/mol. The van der Waals surface area contributed by atoms with Crippen LogP contribution in [0.15, 0.2) is 0 Å². The summed E-state index contributed by atoms with van der Waals surface area (Å²) in [5.74, 6) is 0. The molecular weight excluding hydrogens is 174 g/mol. The minimum Gasteiger partial charge on any atom is -0.381 e. The number of nitrogens with two attached hydrogens (primary N) is 1. The van der Waals surface area contributed by atoms with Gasteiger partial charge in [0.2, 0.25) is 0 Å². The summed E-state index contributed by atoms with van der Waals surface area (Å²) in [5.41, 5.74) is 6.07. The number of unbranched alkanes of at least 4 members (excludes halogenated alkanes) is 1. The summed E-state index contributed by atoms with van der Waals surface area (Å²) >= 11 is 0. The second kappa shape index (κ2) is 8.25. The van der Waals surface area contributed by atoms with Gasteiger partial charge >= 0.3 is 0 Å². The van der Waals surface area contributed by atoms with Crippen LogP contribution in [-0.4, -0.2) is 19.8 Å². The molecule has 0 amide bonds. The number of ether oxygens (including phenoxy) is 1. The zero-order chi connectivity index (χ0) is 10.9. The first-order valence-electron chi connectivity index (χ1n) is 5.96. The van der Waals surface area contributed by atoms with E-state index in [0.29, 0.717) is 5.41 Å². The van der Waals surface area contributed by atoms with Gasteiger partial charge in [-0.15, -0.1) is 0 Å². The molecule has 14 heavy (non-hydrogen) atoms. The number of hydrogen-bond acceptors (Lipinski definition) is 2. The lowest BCUT2D eigenvalue weighted by Gasteiger charge is -2.27. The van der Waals surface area contributed by atoms with Crippen molar-refractivity contribution in [3.63, 3.8) is 0 Å². The van der Waals surface area contributed by atoms with E-state index in [1.54, 1.807) is 0 Å². The van der Waals surface area contributed by atoms with Crippen molar-refractivity contribution in [1.29, 1.82) is 0 Å². The largest absolute Gasteiger partial charge is 0.381 e. The van der Waals surface area contributed by atoms with Crippen molar-refractivity contribution in [3.05, 3.63) is 0 Å². The third kappa shape index (κ3) is 6.39. The Morgan fingerprint density at radius 2 is 1.79 bits per heavy atom. The monoisotopic (exact) mass is 201 g/mol. The SMILES string of the molecule is CCCCOCCC(C)(CN)CCC. The highest BCUT2D eigenvalue weighted by molar-refractivity contribution is 4.74. The second-order valence-electron chi connectivity index (χ2n) is 4.48. The van der Waals surface area contributed by atoms with Gasteiger partial charge in [0.25, 0.3) is 0 Å². The average Bonchev–Trinajstić information content (AvgIpc) is 2.18. The number of hydrogen-bond donors (Lipinski definition) is 1. The van der Waals surface area contributed by atoms with E-state index < -0.39 is 0 Å². The smallest absolute Gasteiger partial charge is 0.0471 e. The molecule has 2 nitrogen and oxygen atoms in total. The lowest BCUT2D eigenvalue weighted by Crippen LogP contribution is -2.28. The maximum atomic E-state index is 5.78. The van der Waals surface area contributed by atoms with Gasteiger partial charge in [-0.1, -0.05) is 33.6 Å². The predicted octanol–water partition coefficient (Wildman–Crippen LogP) is 2.96. The normalized spacial score (nSPS) is 15.4. The van der Waals surface area contributed by atoms with Gasteiger partial charge < -0.3 is 10.5 Å². The first-order valence-corrected chi connectivity index (χ1v) is 5.96. The molecule has 0 saturated carbocycles. The maximum Gasteiger partial charge on any atom is 0.0471 e. The molecule has 0 aliphatic rings. The standard InChI is InChI=1S/C12H27NO/c1-4-6-9-14-10-8-12(3,11-13)7-5-2/h4-11,13H2,1-3H3. The van der Waals surface area contributed by atoms with E-state index >= 15 is 0 Å². The lowest BCUT2D eigenvalue weighted by atomic mass is 9.83. The first kappa shape index (κ1) is 13.9. The molecule has 0 aromatic rings. The molecule has 0 heterocycles. The van der Waals surface area contributed by atoms with Crippen molar-refractivity contribution in [2.75, 3.05) is 19.8 Å². The highest BCUT2D eigenvalue weighted by Gasteiger charge is 2.20. The Balaban J connectivity index is 3.51. The topological polar surface area (TPSA) is 35.2 Å². The van der Waals surface area contributed by atoms with Crippen molar-refractivity contribution in [3.8, 4) is 0 Å². The fourth-order valence-electron chi connectivity index (χ4n) is 1.60. The maximum absolute atomic E-state index is 5.78. The Bertz CT molecular complexity index is 127. The molecule has 0 aliphatic heterocycles. The quantitative estimate of drug-likeness (QED) is 0.582. The fraction of sp³-hybridized carbons (Fsp3) is 1.00. The first-order chi connectivity index (χ1) is 6.68. The van der Waals surface area contributed by atoms with Crippen molar-refractivity contribution in [1.82, 2.24) is 0 Å².